The summed E-state index contributed by atoms with van der Waals surface area (Å²) in [5.74, 6) is -0.935. The Hall–Kier alpha value is -2.07. The summed E-state index contributed by atoms with van der Waals surface area (Å²) < 4.78 is 9.73. The highest BCUT2D eigenvalue weighted by Crippen LogP contribution is 2.20. The van der Waals surface area contributed by atoms with E-state index in [0.29, 0.717) is 5.56 Å². The van der Waals surface area contributed by atoms with E-state index in [9.17, 15) is 9.59 Å². The lowest BCUT2D eigenvalue weighted by molar-refractivity contribution is 0.0690. The summed E-state index contributed by atoms with van der Waals surface area (Å²) >= 11 is 5.64. The molecule has 17 heavy (non-hydrogen) atoms. The molecule has 2 aromatic rings. The Bertz CT molecular complexity index is 589. The molecule has 1 aromatic heterocycles. The van der Waals surface area contributed by atoms with Crippen LogP contribution in [0.25, 0.3) is 0 Å². The van der Waals surface area contributed by atoms with Gasteiger partial charge in [-0.25, -0.2) is 4.79 Å². The molecule has 0 saturated carbocycles. The maximum atomic E-state index is 11.6. The smallest absolute Gasteiger partial charge is 0.345 e. The average molecular weight is 251 g/mol. The number of carbonyl (C=O) groups excluding carboxylic acids is 1. The van der Waals surface area contributed by atoms with Gasteiger partial charge in [0.2, 0.25) is 5.43 Å². The predicted molar refractivity (Wildman–Crippen MR) is 61.4 cm³/mol. The van der Waals surface area contributed by atoms with E-state index in [-0.39, 0.29) is 11.0 Å². The highest BCUT2D eigenvalue weighted by molar-refractivity contribution is 6.31. The van der Waals surface area contributed by atoms with Crippen LogP contribution in [0.15, 0.2) is 51.9 Å². The maximum absolute atomic E-state index is 11.6. The standard InChI is InChI=1S/C12H7ClO4/c13-10-9(14)6-7-16-12(10)17-11(15)8-4-2-1-3-5-8/h1-7H. The molecule has 2 rings (SSSR count). The molecule has 1 heterocycles. The topological polar surface area (TPSA) is 56.5 Å². The minimum atomic E-state index is -0.637. The molecule has 0 atom stereocenters. The van der Waals surface area contributed by atoms with Crippen LogP contribution >= 0.6 is 11.6 Å². The molecule has 86 valence electrons. The van der Waals surface area contributed by atoms with Gasteiger partial charge in [0.05, 0.1) is 11.8 Å². The first-order valence-corrected chi connectivity index (χ1v) is 5.11. The molecule has 4 nitrogen and oxygen atoms in total. The highest BCUT2D eigenvalue weighted by Gasteiger charge is 2.14. The first kappa shape index (κ1) is 11.4. The highest BCUT2D eigenvalue weighted by atomic mass is 35.5. The van der Waals surface area contributed by atoms with Gasteiger partial charge in [-0.2, -0.15) is 0 Å². The summed E-state index contributed by atoms with van der Waals surface area (Å²) in [5.41, 5.74) is -0.121. The van der Waals surface area contributed by atoms with E-state index in [1.54, 1.807) is 30.3 Å². The lowest BCUT2D eigenvalue weighted by atomic mass is 10.2. The Morgan fingerprint density at radius 1 is 1.18 bits per heavy atom. The van der Waals surface area contributed by atoms with Crippen molar-refractivity contribution in [3.05, 3.63) is 63.5 Å². The SMILES string of the molecule is O=C(Oc1occc(=O)c1Cl)c1ccccc1. The molecule has 0 unspecified atom stereocenters. The summed E-state index contributed by atoms with van der Waals surface area (Å²) in [7, 11) is 0. The third kappa shape index (κ3) is 2.54. The van der Waals surface area contributed by atoms with Crippen LogP contribution < -0.4 is 10.2 Å². The fraction of sp³-hybridized carbons (Fsp3) is 0. The number of halogens is 1. The lowest BCUT2D eigenvalue weighted by Crippen LogP contribution is -2.10. The van der Waals surface area contributed by atoms with Gasteiger partial charge in [-0.1, -0.05) is 29.8 Å². The maximum Gasteiger partial charge on any atom is 0.345 e. The summed E-state index contributed by atoms with van der Waals surface area (Å²) in [6, 6.07) is 9.46. The molecule has 0 radical (unpaired) electrons. The number of hydrogen-bond acceptors (Lipinski definition) is 4. The molecule has 0 aliphatic carbocycles. The van der Waals surface area contributed by atoms with Gasteiger partial charge in [0.1, 0.15) is 0 Å². The number of carbonyl (C=O) groups is 1. The minimum absolute atomic E-state index is 0.253. The molecular formula is C12H7ClO4. The molecule has 5 heteroatoms. The molecule has 0 bridgehead atoms. The van der Waals surface area contributed by atoms with E-state index in [1.807, 2.05) is 0 Å². The Labute approximate surface area is 101 Å². The second kappa shape index (κ2) is 4.84. The quantitative estimate of drug-likeness (QED) is 0.769. The Kier molecular flexibility index (Phi) is 3.25. The zero-order chi connectivity index (χ0) is 12.3. The number of rotatable bonds is 2. The molecule has 0 fully saturated rings. The van der Waals surface area contributed by atoms with Crippen molar-refractivity contribution in [2.24, 2.45) is 0 Å². The van der Waals surface area contributed by atoms with Crippen molar-refractivity contribution in [3.63, 3.8) is 0 Å². The van der Waals surface area contributed by atoms with E-state index in [1.165, 1.54) is 0 Å². The van der Waals surface area contributed by atoms with Gasteiger partial charge in [-0.15, -0.1) is 0 Å². The zero-order valence-electron chi connectivity index (χ0n) is 8.55. The van der Waals surface area contributed by atoms with Crippen LogP contribution in [0, 0.1) is 0 Å². The van der Waals surface area contributed by atoms with Crippen LogP contribution in [-0.4, -0.2) is 5.97 Å². The molecule has 0 amide bonds. The summed E-state index contributed by atoms with van der Waals surface area (Å²) in [6.07, 6.45) is 1.11. The third-order valence-electron chi connectivity index (χ3n) is 1.98. The van der Waals surface area contributed by atoms with Crippen molar-refractivity contribution < 1.29 is 13.9 Å². The van der Waals surface area contributed by atoms with Crippen LogP contribution in [-0.2, 0) is 0 Å². The van der Waals surface area contributed by atoms with E-state index in [2.05, 4.69) is 0 Å². The van der Waals surface area contributed by atoms with E-state index >= 15 is 0 Å². The van der Waals surface area contributed by atoms with Gasteiger partial charge < -0.3 is 9.15 Å². The molecule has 0 N–H and O–H groups in total. The van der Waals surface area contributed by atoms with Crippen LogP contribution in [0.2, 0.25) is 5.02 Å². The Morgan fingerprint density at radius 2 is 1.88 bits per heavy atom. The normalized spacial score (nSPS) is 9.94. The van der Waals surface area contributed by atoms with Gasteiger partial charge in [-0.05, 0) is 12.1 Å². The van der Waals surface area contributed by atoms with Crippen LogP contribution in [0.5, 0.6) is 5.95 Å². The van der Waals surface area contributed by atoms with Crippen molar-refractivity contribution in [2.45, 2.75) is 0 Å². The molecule has 1 aromatic carbocycles. The van der Waals surface area contributed by atoms with Crippen molar-refractivity contribution in [1.82, 2.24) is 0 Å². The summed E-state index contributed by atoms with van der Waals surface area (Å²) in [5, 5.41) is -0.253. The fourth-order valence-electron chi connectivity index (χ4n) is 1.17. The fourth-order valence-corrected chi connectivity index (χ4v) is 1.32. The van der Waals surface area contributed by atoms with Crippen molar-refractivity contribution in [1.29, 1.82) is 0 Å². The number of benzene rings is 1. The second-order valence-corrected chi connectivity index (χ2v) is 3.52. The van der Waals surface area contributed by atoms with Crippen LogP contribution in [0.1, 0.15) is 10.4 Å². The Balaban J connectivity index is 2.25. The predicted octanol–water partition coefficient (Wildman–Crippen LogP) is 2.51. The molecular weight excluding hydrogens is 244 g/mol. The van der Waals surface area contributed by atoms with Crippen molar-refractivity contribution in [2.75, 3.05) is 0 Å². The van der Waals surface area contributed by atoms with Crippen molar-refractivity contribution in [3.8, 4) is 5.95 Å². The lowest BCUT2D eigenvalue weighted by Gasteiger charge is -2.03. The third-order valence-corrected chi connectivity index (χ3v) is 2.33. The first-order chi connectivity index (χ1) is 8.18. The van der Waals surface area contributed by atoms with E-state index in [0.717, 1.165) is 12.3 Å². The minimum Gasteiger partial charge on any atom is -0.433 e. The second-order valence-electron chi connectivity index (χ2n) is 3.14. The summed E-state index contributed by atoms with van der Waals surface area (Å²) in [4.78, 5) is 22.8. The zero-order valence-corrected chi connectivity index (χ0v) is 9.31. The van der Waals surface area contributed by atoms with Crippen LogP contribution in [0.4, 0.5) is 0 Å². The molecule has 0 aliphatic rings. The number of esters is 1. The molecule has 0 aliphatic heterocycles. The molecule has 0 spiro atoms. The van der Waals surface area contributed by atoms with Gasteiger partial charge in [0.15, 0.2) is 5.02 Å². The van der Waals surface area contributed by atoms with E-state index < -0.39 is 11.4 Å². The van der Waals surface area contributed by atoms with Gasteiger partial charge >= 0.3 is 11.9 Å². The number of ether oxygens (including phenoxy) is 1. The Morgan fingerprint density at radius 3 is 2.59 bits per heavy atom. The van der Waals surface area contributed by atoms with Gasteiger partial charge in [0.25, 0.3) is 0 Å². The van der Waals surface area contributed by atoms with Crippen LogP contribution in [0.3, 0.4) is 0 Å². The summed E-state index contributed by atoms with van der Waals surface area (Å²) in [6.45, 7) is 0. The molecule has 0 saturated heterocycles. The average Bonchev–Trinajstić information content (AvgIpc) is 2.36. The monoisotopic (exact) mass is 250 g/mol. The van der Waals surface area contributed by atoms with Crippen molar-refractivity contribution >= 4 is 17.6 Å². The number of hydrogen-bond donors (Lipinski definition) is 0. The van der Waals surface area contributed by atoms with Gasteiger partial charge in [-0.3, -0.25) is 4.79 Å². The largest absolute Gasteiger partial charge is 0.433 e. The first-order valence-electron chi connectivity index (χ1n) is 4.73. The van der Waals surface area contributed by atoms with Gasteiger partial charge in [0, 0.05) is 6.07 Å². The van der Waals surface area contributed by atoms with E-state index in [4.69, 9.17) is 20.8 Å².